The third-order valence-electron chi connectivity index (χ3n) is 4.01. The van der Waals surface area contributed by atoms with Crippen molar-refractivity contribution >= 4 is 0 Å². The molecule has 0 aromatic heterocycles. The van der Waals surface area contributed by atoms with Gasteiger partial charge in [-0.25, -0.2) is 0 Å². The molecule has 2 N–H and O–H groups in total. The molecular formula is C13H17NO. The molecule has 0 unspecified atom stereocenters. The van der Waals surface area contributed by atoms with Crippen LogP contribution in [0.1, 0.15) is 24.0 Å². The summed E-state index contributed by atoms with van der Waals surface area (Å²) >= 11 is 0. The molecule has 2 fully saturated rings. The first-order valence-electron chi connectivity index (χ1n) is 5.60. The summed E-state index contributed by atoms with van der Waals surface area (Å²) in [6.07, 6.45) is 2.29. The van der Waals surface area contributed by atoms with E-state index < -0.39 is 0 Å². The van der Waals surface area contributed by atoms with Gasteiger partial charge in [0.05, 0.1) is 18.6 Å². The smallest absolute Gasteiger partial charge is 0.0603 e. The van der Waals surface area contributed by atoms with Crippen molar-refractivity contribution in [3.05, 3.63) is 35.4 Å². The maximum Gasteiger partial charge on any atom is 0.0603 e. The standard InChI is InChI=1S/C13H17NO/c1-10-3-2-4-11(7-10)12(8-15-9-12)13(14)5-6-13/h2-4,7H,5-6,8-9,14H2,1H3. The van der Waals surface area contributed by atoms with E-state index in [-0.39, 0.29) is 11.0 Å². The number of ether oxygens (including phenoxy) is 1. The van der Waals surface area contributed by atoms with Crippen LogP contribution in [0.5, 0.6) is 0 Å². The molecule has 1 aliphatic heterocycles. The van der Waals surface area contributed by atoms with Crippen LogP contribution in [0, 0.1) is 6.92 Å². The minimum atomic E-state index is 0.0129. The minimum absolute atomic E-state index is 0.0129. The van der Waals surface area contributed by atoms with Crippen LogP contribution in [-0.4, -0.2) is 18.8 Å². The molecule has 1 saturated heterocycles. The van der Waals surface area contributed by atoms with Gasteiger partial charge in [-0.05, 0) is 25.3 Å². The third kappa shape index (κ3) is 1.18. The van der Waals surface area contributed by atoms with Gasteiger partial charge in [0.15, 0.2) is 0 Å². The fourth-order valence-electron chi connectivity index (χ4n) is 2.60. The number of hydrogen-bond acceptors (Lipinski definition) is 2. The van der Waals surface area contributed by atoms with Crippen LogP contribution in [0.4, 0.5) is 0 Å². The first-order valence-corrected chi connectivity index (χ1v) is 5.60. The van der Waals surface area contributed by atoms with Gasteiger partial charge in [0.2, 0.25) is 0 Å². The summed E-state index contributed by atoms with van der Waals surface area (Å²) in [4.78, 5) is 0. The normalized spacial score (nSPS) is 25.7. The highest BCUT2D eigenvalue weighted by atomic mass is 16.5. The molecule has 0 spiro atoms. The van der Waals surface area contributed by atoms with E-state index >= 15 is 0 Å². The molecule has 0 radical (unpaired) electrons. The number of rotatable bonds is 2. The zero-order chi connectivity index (χ0) is 10.5. The maximum absolute atomic E-state index is 6.39. The fourth-order valence-corrected chi connectivity index (χ4v) is 2.60. The van der Waals surface area contributed by atoms with Crippen LogP contribution < -0.4 is 5.73 Å². The highest BCUT2D eigenvalue weighted by molar-refractivity contribution is 5.39. The molecule has 15 heavy (non-hydrogen) atoms. The van der Waals surface area contributed by atoms with Crippen molar-refractivity contribution in [2.24, 2.45) is 5.73 Å². The zero-order valence-electron chi connectivity index (χ0n) is 9.12. The SMILES string of the molecule is Cc1cccc(C2(C3(N)CC3)COC2)c1. The van der Waals surface area contributed by atoms with E-state index in [1.165, 1.54) is 11.1 Å². The summed E-state index contributed by atoms with van der Waals surface area (Å²) < 4.78 is 5.42. The highest BCUT2D eigenvalue weighted by Gasteiger charge is 2.61. The molecule has 2 aliphatic rings. The van der Waals surface area contributed by atoms with Gasteiger partial charge in [-0.1, -0.05) is 29.8 Å². The summed E-state index contributed by atoms with van der Waals surface area (Å²) in [6.45, 7) is 3.73. The summed E-state index contributed by atoms with van der Waals surface area (Å²) in [5.41, 5.74) is 9.19. The van der Waals surface area contributed by atoms with E-state index in [2.05, 4.69) is 31.2 Å². The molecule has 0 atom stereocenters. The van der Waals surface area contributed by atoms with Gasteiger partial charge >= 0.3 is 0 Å². The second-order valence-corrected chi connectivity index (χ2v) is 5.10. The van der Waals surface area contributed by atoms with E-state index in [4.69, 9.17) is 10.5 Å². The molecule has 2 nitrogen and oxygen atoms in total. The molecule has 1 aliphatic carbocycles. The van der Waals surface area contributed by atoms with Crippen molar-refractivity contribution in [1.82, 2.24) is 0 Å². The van der Waals surface area contributed by atoms with E-state index in [1.807, 2.05) is 0 Å². The molecule has 2 heteroatoms. The van der Waals surface area contributed by atoms with Crippen molar-refractivity contribution in [3.63, 3.8) is 0 Å². The van der Waals surface area contributed by atoms with Crippen molar-refractivity contribution < 1.29 is 4.74 Å². The molecule has 80 valence electrons. The van der Waals surface area contributed by atoms with E-state index in [1.54, 1.807) is 0 Å². The Bertz CT molecular complexity index is 391. The van der Waals surface area contributed by atoms with Crippen LogP contribution in [0.25, 0.3) is 0 Å². The third-order valence-corrected chi connectivity index (χ3v) is 4.01. The molecule has 1 aromatic rings. The minimum Gasteiger partial charge on any atom is -0.379 e. The molecule has 1 saturated carbocycles. The van der Waals surface area contributed by atoms with Crippen LogP contribution in [0.2, 0.25) is 0 Å². The van der Waals surface area contributed by atoms with Crippen LogP contribution in [0.3, 0.4) is 0 Å². The monoisotopic (exact) mass is 203 g/mol. The lowest BCUT2D eigenvalue weighted by Crippen LogP contribution is -2.60. The average Bonchev–Trinajstić information content (AvgIpc) is 2.82. The molecular weight excluding hydrogens is 186 g/mol. The summed E-state index contributed by atoms with van der Waals surface area (Å²) in [7, 11) is 0. The fraction of sp³-hybridized carbons (Fsp3) is 0.538. The Hall–Kier alpha value is -0.860. The van der Waals surface area contributed by atoms with Crippen molar-refractivity contribution in [2.75, 3.05) is 13.2 Å². The van der Waals surface area contributed by atoms with Crippen molar-refractivity contribution in [2.45, 2.75) is 30.7 Å². The van der Waals surface area contributed by atoms with Crippen LogP contribution in [0.15, 0.2) is 24.3 Å². The Morgan fingerprint density at radius 3 is 2.47 bits per heavy atom. The Morgan fingerprint density at radius 2 is 2.00 bits per heavy atom. The highest BCUT2D eigenvalue weighted by Crippen LogP contribution is 2.53. The summed E-state index contributed by atoms with van der Waals surface area (Å²) in [5.74, 6) is 0. The number of aryl methyl sites for hydroxylation is 1. The quantitative estimate of drug-likeness (QED) is 0.794. The van der Waals surface area contributed by atoms with Crippen LogP contribution >= 0.6 is 0 Å². The van der Waals surface area contributed by atoms with Crippen molar-refractivity contribution in [1.29, 1.82) is 0 Å². The first kappa shape index (κ1) is 9.37. The molecule has 1 aromatic carbocycles. The second kappa shape index (κ2) is 2.83. The average molecular weight is 203 g/mol. The number of hydrogen-bond donors (Lipinski definition) is 1. The zero-order valence-corrected chi connectivity index (χ0v) is 9.12. The van der Waals surface area contributed by atoms with E-state index in [9.17, 15) is 0 Å². The topological polar surface area (TPSA) is 35.2 Å². The summed E-state index contributed by atoms with van der Waals surface area (Å²) in [6, 6.07) is 8.71. The largest absolute Gasteiger partial charge is 0.379 e. The van der Waals surface area contributed by atoms with Crippen molar-refractivity contribution in [3.8, 4) is 0 Å². The predicted molar refractivity (Wildman–Crippen MR) is 59.8 cm³/mol. The number of benzene rings is 1. The lowest BCUT2D eigenvalue weighted by atomic mass is 9.70. The number of nitrogens with two attached hydrogens (primary N) is 1. The van der Waals surface area contributed by atoms with E-state index in [0.29, 0.717) is 0 Å². The molecule has 0 bridgehead atoms. The Labute approximate surface area is 90.4 Å². The predicted octanol–water partition coefficient (Wildman–Crippen LogP) is 1.75. The summed E-state index contributed by atoms with van der Waals surface area (Å²) in [5, 5.41) is 0. The van der Waals surface area contributed by atoms with Gasteiger partial charge in [0, 0.05) is 5.54 Å². The van der Waals surface area contributed by atoms with Gasteiger partial charge < -0.3 is 10.5 Å². The molecule has 1 heterocycles. The molecule has 0 amide bonds. The maximum atomic E-state index is 6.39. The van der Waals surface area contributed by atoms with E-state index in [0.717, 1.165) is 26.1 Å². The van der Waals surface area contributed by atoms with Gasteiger partial charge in [0.25, 0.3) is 0 Å². The molecule has 3 rings (SSSR count). The van der Waals surface area contributed by atoms with Gasteiger partial charge in [-0.3, -0.25) is 0 Å². The Morgan fingerprint density at radius 1 is 1.27 bits per heavy atom. The first-order chi connectivity index (χ1) is 7.16. The van der Waals surface area contributed by atoms with Gasteiger partial charge in [-0.15, -0.1) is 0 Å². The van der Waals surface area contributed by atoms with Crippen LogP contribution in [-0.2, 0) is 10.2 Å². The lowest BCUT2D eigenvalue weighted by molar-refractivity contribution is -0.0786. The van der Waals surface area contributed by atoms with Gasteiger partial charge in [-0.2, -0.15) is 0 Å². The van der Waals surface area contributed by atoms with Gasteiger partial charge in [0.1, 0.15) is 0 Å². The second-order valence-electron chi connectivity index (χ2n) is 5.10. The Kier molecular flexibility index (Phi) is 1.77. The lowest BCUT2D eigenvalue weighted by Gasteiger charge is -2.47. The Balaban J connectivity index is 2.03.